The van der Waals surface area contributed by atoms with Gasteiger partial charge < -0.3 is 34.7 Å². The molecule has 1 rings (SSSR count). The van der Waals surface area contributed by atoms with Crippen molar-refractivity contribution < 1.29 is 43.2 Å². The van der Waals surface area contributed by atoms with Gasteiger partial charge in [0.1, 0.15) is 12.1 Å². The molecule has 0 aliphatic rings. The zero-order valence-corrected chi connectivity index (χ0v) is 17.4. The van der Waals surface area contributed by atoms with Crippen LogP contribution < -0.4 is 24.8 Å². The second-order valence-electron chi connectivity index (χ2n) is 6.13. The van der Waals surface area contributed by atoms with Crippen LogP contribution in [-0.4, -0.2) is 69.4 Å². The van der Waals surface area contributed by atoms with Gasteiger partial charge >= 0.3 is 11.9 Å². The van der Waals surface area contributed by atoms with Crippen LogP contribution in [-0.2, 0) is 19.1 Å². The van der Waals surface area contributed by atoms with Crippen molar-refractivity contribution in [3.63, 3.8) is 0 Å². The topological polar surface area (TPSA) is 149 Å². The van der Waals surface area contributed by atoms with Gasteiger partial charge in [-0.1, -0.05) is 0 Å². The number of methoxy groups -OCH3 is 4. The normalized spacial score (nSPS) is 12.2. The van der Waals surface area contributed by atoms with Crippen LogP contribution in [0.5, 0.6) is 17.2 Å². The van der Waals surface area contributed by atoms with E-state index in [0.717, 1.165) is 0 Å². The monoisotopic (exact) mass is 426 g/mol. The number of benzene rings is 1. The molecule has 0 saturated heterocycles. The van der Waals surface area contributed by atoms with Gasteiger partial charge in [-0.15, -0.1) is 0 Å². The summed E-state index contributed by atoms with van der Waals surface area (Å²) in [5.41, 5.74) is 0.0960. The number of amides is 2. The minimum atomic E-state index is -1.21. The van der Waals surface area contributed by atoms with Gasteiger partial charge in [0, 0.05) is 12.0 Å². The number of hydrogen-bond acceptors (Lipinski definition) is 8. The van der Waals surface area contributed by atoms with E-state index in [-0.39, 0.29) is 35.7 Å². The summed E-state index contributed by atoms with van der Waals surface area (Å²) >= 11 is 0. The molecule has 0 unspecified atom stereocenters. The summed E-state index contributed by atoms with van der Waals surface area (Å²) in [4.78, 5) is 47.7. The summed E-state index contributed by atoms with van der Waals surface area (Å²) in [6, 6.07) is 0.590. The molecule has 0 aliphatic carbocycles. The molecule has 0 aliphatic heterocycles. The summed E-state index contributed by atoms with van der Waals surface area (Å²) in [5, 5.41) is 13.8. The highest BCUT2D eigenvalue weighted by molar-refractivity contribution is 5.99. The van der Waals surface area contributed by atoms with Gasteiger partial charge in [-0.05, 0) is 25.5 Å². The molecular formula is C19H26N2O9. The molecule has 2 amide bonds. The Morgan fingerprint density at radius 1 is 0.967 bits per heavy atom. The molecule has 11 heteroatoms. The van der Waals surface area contributed by atoms with Crippen molar-refractivity contribution >= 4 is 23.8 Å². The SMILES string of the molecule is COC(=O)[C@H](C)NC(=O)[C@@H](CCC(=O)O)NC(=O)c1cc(OC)c(OC)c(OC)c1. The molecule has 0 bridgehead atoms. The van der Waals surface area contributed by atoms with Crippen molar-refractivity contribution in [1.29, 1.82) is 0 Å². The number of rotatable bonds is 11. The van der Waals surface area contributed by atoms with Crippen LogP contribution in [0.2, 0.25) is 0 Å². The van der Waals surface area contributed by atoms with Crippen molar-refractivity contribution in [2.24, 2.45) is 0 Å². The maximum absolute atomic E-state index is 12.7. The molecule has 0 saturated carbocycles. The number of carboxylic acid groups (broad SMARTS) is 1. The number of carbonyl (C=O) groups excluding carboxylic acids is 3. The number of nitrogens with one attached hydrogen (secondary N) is 2. The third-order valence-electron chi connectivity index (χ3n) is 4.11. The summed E-state index contributed by atoms with van der Waals surface area (Å²) < 4.78 is 20.1. The van der Waals surface area contributed by atoms with Crippen LogP contribution in [0.3, 0.4) is 0 Å². The van der Waals surface area contributed by atoms with E-state index in [0.29, 0.717) is 0 Å². The number of carbonyl (C=O) groups is 4. The quantitative estimate of drug-likeness (QED) is 0.426. The van der Waals surface area contributed by atoms with Crippen molar-refractivity contribution in [3.05, 3.63) is 17.7 Å². The maximum atomic E-state index is 12.7. The lowest BCUT2D eigenvalue weighted by Crippen LogP contribution is -2.51. The van der Waals surface area contributed by atoms with E-state index in [9.17, 15) is 19.2 Å². The van der Waals surface area contributed by atoms with Crippen LogP contribution in [0.4, 0.5) is 0 Å². The van der Waals surface area contributed by atoms with Crippen LogP contribution in [0.1, 0.15) is 30.1 Å². The van der Waals surface area contributed by atoms with E-state index in [4.69, 9.17) is 19.3 Å². The highest BCUT2D eigenvalue weighted by atomic mass is 16.5. The minimum absolute atomic E-state index is 0.0960. The van der Waals surface area contributed by atoms with Crippen molar-refractivity contribution in [3.8, 4) is 17.2 Å². The Bertz CT molecular complexity index is 769. The number of esters is 1. The lowest BCUT2D eigenvalue weighted by molar-refractivity contribution is -0.145. The predicted octanol–water partition coefficient (Wildman–Crippen LogP) is 0.353. The van der Waals surface area contributed by atoms with E-state index < -0.39 is 35.8 Å². The third kappa shape index (κ3) is 6.54. The fourth-order valence-corrected chi connectivity index (χ4v) is 2.54. The molecule has 0 heterocycles. The Hall–Kier alpha value is -3.50. The first-order valence-electron chi connectivity index (χ1n) is 8.89. The molecule has 0 fully saturated rings. The molecule has 0 radical (unpaired) electrons. The standard InChI is InChI=1S/C19H26N2O9/c1-10(19(26)30-5)20-18(25)12(6-7-15(22)23)21-17(24)11-8-13(27-2)16(29-4)14(9-11)28-3/h8-10,12H,6-7H2,1-5H3,(H,20,25)(H,21,24)(H,22,23)/t10-,12+/m0/s1. The molecule has 166 valence electrons. The molecule has 11 nitrogen and oxygen atoms in total. The third-order valence-corrected chi connectivity index (χ3v) is 4.11. The maximum Gasteiger partial charge on any atom is 0.328 e. The highest BCUT2D eigenvalue weighted by Crippen LogP contribution is 2.38. The van der Waals surface area contributed by atoms with Gasteiger partial charge in [0.05, 0.1) is 28.4 Å². The molecule has 1 aromatic carbocycles. The summed E-state index contributed by atoms with van der Waals surface area (Å²) in [5.74, 6) is -2.49. The summed E-state index contributed by atoms with van der Waals surface area (Å²) in [7, 11) is 5.35. The zero-order chi connectivity index (χ0) is 22.8. The smallest absolute Gasteiger partial charge is 0.328 e. The Morgan fingerprint density at radius 3 is 1.97 bits per heavy atom. The van der Waals surface area contributed by atoms with Crippen LogP contribution in [0.15, 0.2) is 12.1 Å². The lowest BCUT2D eigenvalue weighted by Gasteiger charge is -2.20. The fraction of sp³-hybridized carbons (Fsp3) is 0.474. The molecule has 2 atom stereocenters. The van der Waals surface area contributed by atoms with Crippen LogP contribution in [0, 0.1) is 0 Å². The van der Waals surface area contributed by atoms with Crippen LogP contribution in [0.25, 0.3) is 0 Å². The van der Waals surface area contributed by atoms with Gasteiger partial charge in [-0.25, -0.2) is 4.79 Å². The number of ether oxygens (including phenoxy) is 4. The van der Waals surface area contributed by atoms with Crippen LogP contribution >= 0.6 is 0 Å². The molecule has 0 aromatic heterocycles. The van der Waals surface area contributed by atoms with E-state index in [1.807, 2.05) is 0 Å². The Labute approximate surface area is 173 Å². The van der Waals surface area contributed by atoms with Crippen molar-refractivity contribution in [2.75, 3.05) is 28.4 Å². The van der Waals surface area contributed by atoms with E-state index in [2.05, 4.69) is 15.4 Å². The van der Waals surface area contributed by atoms with E-state index >= 15 is 0 Å². The van der Waals surface area contributed by atoms with Gasteiger partial charge in [-0.3, -0.25) is 14.4 Å². The average molecular weight is 426 g/mol. The number of carboxylic acids is 1. The summed E-state index contributed by atoms with van der Waals surface area (Å²) in [6.45, 7) is 1.40. The number of hydrogen-bond donors (Lipinski definition) is 3. The van der Waals surface area contributed by atoms with Gasteiger partial charge in [0.2, 0.25) is 11.7 Å². The first-order valence-corrected chi connectivity index (χ1v) is 8.89. The van der Waals surface area contributed by atoms with E-state index in [1.165, 1.54) is 47.5 Å². The lowest BCUT2D eigenvalue weighted by atomic mass is 10.1. The first-order chi connectivity index (χ1) is 14.2. The molecule has 3 N–H and O–H groups in total. The second-order valence-corrected chi connectivity index (χ2v) is 6.13. The van der Waals surface area contributed by atoms with Gasteiger partial charge in [0.15, 0.2) is 11.5 Å². The Kier molecular flexibility index (Phi) is 9.40. The second kappa shape index (κ2) is 11.5. The minimum Gasteiger partial charge on any atom is -0.493 e. The Balaban J connectivity index is 3.10. The predicted molar refractivity (Wildman–Crippen MR) is 104 cm³/mol. The molecule has 0 spiro atoms. The molecular weight excluding hydrogens is 400 g/mol. The van der Waals surface area contributed by atoms with Gasteiger partial charge in [0.25, 0.3) is 5.91 Å². The van der Waals surface area contributed by atoms with Gasteiger partial charge in [-0.2, -0.15) is 0 Å². The molecule has 30 heavy (non-hydrogen) atoms. The highest BCUT2D eigenvalue weighted by Gasteiger charge is 2.26. The molecule has 1 aromatic rings. The zero-order valence-electron chi connectivity index (χ0n) is 17.4. The Morgan fingerprint density at radius 2 is 1.53 bits per heavy atom. The number of aliphatic carboxylic acids is 1. The van der Waals surface area contributed by atoms with E-state index in [1.54, 1.807) is 0 Å². The van der Waals surface area contributed by atoms with Crippen molar-refractivity contribution in [2.45, 2.75) is 31.8 Å². The first kappa shape index (κ1) is 24.5. The van der Waals surface area contributed by atoms with Crippen molar-refractivity contribution in [1.82, 2.24) is 10.6 Å². The fourth-order valence-electron chi connectivity index (χ4n) is 2.54. The largest absolute Gasteiger partial charge is 0.493 e. The summed E-state index contributed by atoms with van der Waals surface area (Å²) in [6.07, 6.45) is -0.564. The average Bonchev–Trinajstić information content (AvgIpc) is 2.73.